The molecule has 1 aromatic carbocycles. The Morgan fingerprint density at radius 1 is 1.31 bits per heavy atom. The van der Waals surface area contributed by atoms with Crippen molar-refractivity contribution in [2.24, 2.45) is 0 Å². The van der Waals surface area contributed by atoms with Gasteiger partial charge in [0.2, 0.25) is 0 Å². The van der Waals surface area contributed by atoms with Crippen molar-refractivity contribution in [3.8, 4) is 5.75 Å². The maximum atomic E-state index is 9.35. The lowest BCUT2D eigenvalue weighted by Gasteiger charge is -2.30. The van der Waals surface area contributed by atoms with Crippen LogP contribution in [0.2, 0.25) is 0 Å². The van der Waals surface area contributed by atoms with Crippen molar-refractivity contribution in [2.75, 3.05) is 13.1 Å². The molecule has 0 bridgehead atoms. The van der Waals surface area contributed by atoms with Gasteiger partial charge in [-0.15, -0.1) is 0 Å². The van der Waals surface area contributed by atoms with E-state index in [-0.39, 0.29) is 0 Å². The second-order valence-corrected chi connectivity index (χ2v) is 4.36. The predicted molar refractivity (Wildman–Crippen MR) is 55.7 cm³/mol. The van der Waals surface area contributed by atoms with Crippen LogP contribution in [0.15, 0.2) is 22.7 Å². The molecule has 70 valence electrons. The summed E-state index contributed by atoms with van der Waals surface area (Å²) in [5, 5.41) is 9.35. The normalized spacial score (nSPS) is 17.0. The average Bonchev–Trinajstić information content (AvgIpc) is 1.95. The molecule has 0 unspecified atom stereocenters. The summed E-state index contributed by atoms with van der Waals surface area (Å²) < 4.78 is 0.947. The molecule has 1 fully saturated rings. The van der Waals surface area contributed by atoms with Crippen LogP contribution in [0.25, 0.3) is 0 Å². The molecule has 2 rings (SSSR count). The third-order valence-corrected chi connectivity index (χ3v) is 2.76. The highest BCUT2D eigenvalue weighted by molar-refractivity contribution is 9.10. The molecule has 1 N–H and O–H groups in total. The van der Waals surface area contributed by atoms with Crippen molar-refractivity contribution in [2.45, 2.75) is 13.0 Å². The number of rotatable bonds is 2. The maximum absolute atomic E-state index is 9.35. The topological polar surface area (TPSA) is 23.5 Å². The Kier molecular flexibility index (Phi) is 2.56. The molecule has 0 spiro atoms. The number of hydrogen-bond donors (Lipinski definition) is 1. The molecule has 3 heteroatoms. The van der Waals surface area contributed by atoms with Gasteiger partial charge >= 0.3 is 0 Å². The number of halogens is 1. The predicted octanol–water partition coefficient (Wildman–Crippen LogP) is 2.36. The fourth-order valence-electron chi connectivity index (χ4n) is 1.52. The smallest absolute Gasteiger partial charge is 0.117 e. The van der Waals surface area contributed by atoms with Gasteiger partial charge < -0.3 is 5.11 Å². The van der Waals surface area contributed by atoms with E-state index in [1.54, 1.807) is 6.07 Å². The lowest BCUT2D eigenvalue weighted by atomic mass is 10.1. The molecule has 0 aromatic heterocycles. The number of hydrogen-bond acceptors (Lipinski definition) is 2. The number of phenolic OH excluding ortho intramolecular Hbond substituents is 1. The minimum absolute atomic E-state index is 0.338. The first kappa shape index (κ1) is 9.03. The van der Waals surface area contributed by atoms with Crippen LogP contribution in [0.5, 0.6) is 5.75 Å². The molecule has 1 heterocycles. The van der Waals surface area contributed by atoms with Crippen molar-refractivity contribution < 1.29 is 5.11 Å². The van der Waals surface area contributed by atoms with E-state index in [1.165, 1.54) is 25.1 Å². The van der Waals surface area contributed by atoms with Crippen LogP contribution < -0.4 is 0 Å². The van der Waals surface area contributed by atoms with Crippen LogP contribution in [-0.2, 0) is 6.54 Å². The summed E-state index contributed by atoms with van der Waals surface area (Å²) in [6.45, 7) is 3.33. The van der Waals surface area contributed by atoms with E-state index < -0.39 is 0 Å². The molecular weight excluding hydrogens is 230 g/mol. The minimum atomic E-state index is 0.338. The third-order valence-electron chi connectivity index (χ3n) is 2.30. The average molecular weight is 242 g/mol. The Labute approximate surface area is 86.3 Å². The monoisotopic (exact) mass is 241 g/mol. The Balaban J connectivity index is 2.10. The number of nitrogens with zero attached hydrogens (tertiary/aromatic N) is 1. The van der Waals surface area contributed by atoms with E-state index in [9.17, 15) is 5.11 Å². The van der Waals surface area contributed by atoms with Gasteiger partial charge in [-0.05, 0) is 43.3 Å². The summed E-state index contributed by atoms with van der Waals surface area (Å²) in [7, 11) is 0. The molecule has 0 atom stereocenters. The van der Waals surface area contributed by atoms with Crippen LogP contribution in [-0.4, -0.2) is 23.1 Å². The number of likely N-dealkylation sites (tertiary alicyclic amines) is 1. The largest absolute Gasteiger partial charge is 0.508 e. The van der Waals surface area contributed by atoms with Gasteiger partial charge in [-0.25, -0.2) is 0 Å². The summed E-state index contributed by atoms with van der Waals surface area (Å²) in [5.41, 5.74) is 1.17. The molecule has 0 radical (unpaired) electrons. The Morgan fingerprint density at radius 2 is 2.08 bits per heavy atom. The Bertz CT molecular complexity index is 290. The highest BCUT2D eigenvalue weighted by Crippen LogP contribution is 2.22. The maximum Gasteiger partial charge on any atom is 0.117 e. The summed E-state index contributed by atoms with van der Waals surface area (Å²) in [6.07, 6.45) is 1.31. The van der Waals surface area contributed by atoms with Crippen LogP contribution in [0, 0.1) is 0 Å². The van der Waals surface area contributed by atoms with Gasteiger partial charge in [0, 0.05) is 11.0 Å². The number of phenols is 1. The van der Waals surface area contributed by atoms with Crippen LogP contribution in [0.4, 0.5) is 0 Å². The summed E-state index contributed by atoms with van der Waals surface area (Å²) in [6, 6.07) is 5.58. The molecule has 1 aliphatic rings. The zero-order valence-electron chi connectivity index (χ0n) is 7.33. The van der Waals surface area contributed by atoms with E-state index in [0.717, 1.165) is 11.0 Å². The van der Waals surface area contributed by atoms with Crippen molar-refractivity contribution in [3.05, 3.63) is 28.2 Å². The minimum Gasteiger partial charge on any atom is -0.508 e. The van der Waals surface area contributed by atoms with Crippen molar-refractivity contribution >= 4 is 15.9 Å². The highest BCUT2D eigenvalue weighted by Gasteiger charge is 2.13. The fourth-order valence-corrected chi connectivity index (χ4v) is 2.05. The van der Waals surface area contributed by atoms with Crippen molar-refractivity contribution in [3.63, 3.8) is 0 Å². The fraction of sp³-hybridized carbons (Fsp3) is 0.400. The summed E-state index contributed by atoms with van der Waals surface area (Å²) in [5.74, 6) is 0.338. The Hall–Kier alpha value is -0.540. The molecular formula is C10H12BrNO. The van der Waals surface area contributed by atoms with Crippen molar-refractivity contribution in [1.82, 2.24) is 4.90 Å². The molecule has 1 aromatic rings. The Morgan fingerprint density at radius 3 is 2.62 bits per heavy atom. The molecule has 0 amide bonds. The lowest BCUT2D eigenvalue weighted by Crippen LogP contribution is -2.36. The van der Waals surface area contributed by atoms with Crippen LogP contribution >= 0.6 is 15.9 Å². The SMILES string of the molecule is Oc1cc(Br)cc(CN2CCC2)c1. The highest BCUT2D eigenvalue weighted by atomic mass is 79.9. The quantitative estimate of drug-likeness (QED) is 0.860. The first-order valence-corrected chi connectivity index (χ1v) is 5.24. The van der Waals surface area contributed by atoms with Gasteiger partial charge in [0.25, 0.3) is 0 Å². The summed E-state index contributed by atoms with van der Waals surface area (Å²) in [4.78, 5) is 2.36. The van der Waals surface area contributed by atoms with E-state index in [0.29, 0.717) is 5.75 Å². The molecule has 0 saturated carbocycles. The van der Waals surface area contributed by atoms with Crippen molar-refractivity contribution in [1.29, 1.82) is 0 Å². The van der Waals surface area contributed by atoms with Crippen LogP contribution in [0.1, 0.15) is 12.0 Å². The first-order valence-electron chi connectivity index (χ1n) is 4.45. The van der Waals surface area contributed by atoms with Gasteiger partial charge in [-0.1, -0.05) is 15.9 Å². The second kappa shape index (κ2) is 3.68. The van der Waals surface area contributed by atoms with Gasteiger partial charge in [0.15, 0.2) is 0 Å². The molecule has 2 nitrogen and oxygen atoms in total. The van der Waals surface area contributed by atoms with E-state index >= 15 is 0 Å². The zero-order valence-corrected chi connectivity index (χ0v) is 8.92. The lowest BCUT2D eigenvalue weighted by molar-refractivity contribution is 0.172. The number of aromatic hydroxyl groups is 1. The van der Waals surface area contributed by atoms with Gasteiger partial charge in [0.05, 0.1) is 0 Å². The van der Waals surface area contributed by atoms with E-state index in [2.05, 4.69) is 26.9 Å². The molecule has 13 heavy (non-hydrogen) atoms. The van der Waals surface area contributed by atoms with Gasteiger partial charge in [-0.3, -0.25) is 4.90 Å². The van der Waals surface area contributed by atoms with E-state index in [4.69, 9.17) is 0 Å². The van der Waals surface area contributed by atoms with Gasteiger partial charge in [-0.2, -0.15) is 0 Å². The summed E-state index contributed by atoms with van der Waals surface area (Å²) >= 11 is 3.36. The van der Waals surface area contributed by atoms with E-state index in [1.807, 2.05) is 6.07 Å². The standard InChI is InChI=1S/C10H12BrNO/c11-9-4-8(5-10(13)6-9)7-12-2-1-3-12/h4-6,13H,1-3,7H2. The molecule has 1 saturated heterocycles. The number of benzene rings is 1. The first-order chi connectivity index (χ1) is 6.24. The molecule has 0 aliphatic carbocycles. The van der Waals surface area contributed by atoms with Gasteiger partial charge in [0.1, 0.15) is 5.75 Å². The zero-order chi connectivity index (χ0) is 9.26. The molecule has 1 aliphatic heterocycles. The third kappa shape index (κ3) is 2.23. The van der Waals surface area contributed by atoms with Crippen LogP contribution in [0.3, 0.4) is 0 Å². The second-order valence-electron chi connectivity index (χ2n) is 3.45.